The fraction of sp³-hybridized carbons (Fsp3) is 0.538. The monoisotopic (exact) mass is 289 g/mol. The summed E-state index contributed by atoms with van der Waals surface area (Å²) >= 11 is 0. The lowest BCUT2D eigenvalue weighted by atomic mass is 10.1. The zero-order chi connectivity index (χ0) is 14.6. The number of rotatable bonds is 6. The minimum Gasteiger partial charge on any atom is -0.392 e. The van der Waals surface area contributed by atoms with Crippen LogP contribution in [0.25, 0.3) is 0 Å². The third kappa shape index (κ3) is 4.56. The molecule has 0 aliphatic heterocycles. The summed E-state index contributed by atoms with van der Waals surface area (Å²) in [7, 11) is -3.90. The Morgan fingerprint density at radius 2 is 1.95 bits per heavy atom. The van der Waals surface area contributed by atoms with Gasteiger partial charge in [0.2, 0.25) is 10.0 Å². The van der Waals surface area contributed by atoms with Gasteiger partial charge in [0.1, 0.15) is 10.7 Å². The molecule has 1 aromatic carbocycles. The highest BCUT2D eigenvalue weighted by Gasteiger charge is 2.22. The van der Waals surface area contributed by atoms with E-state index < -0.39 is 20.7 Å². The number of halogens is 1. The van der Waals surface area contributed by atoms with E-state index in [0.29, 0.717) is 17.9 Å². The molecule has 0 bridgehead atoms. The summed E-state index contributed by atoms with van der Waals surface area (Å²) < 4.78 is 40.2. The molecule has 0 amide bonds. The van der Waals surface area contributed by atoms with E-state index in [0.717, 1.165) is 12.1 Å². The molecule has 0 saturated carbocycles. The molecule has 0 aliphatic rings. The molecule has 0 radical (unpaired) electrons. The van der Waals surface area contributed by atoms with Gasteiger partial charge in [-0.2, -0.15) is 0 Å². The fourth-order valence-electron chi connectivity index (χ4n) is 1.94. The molecule has 6 heteroatoms. The number of benzene rings is 1. The van der Waals surface area contributed by atoms with Crippen LogP contribution in [-0.2, 0) is 16.6 Å². The predicted octanol–water partition coefficient (Wildman–Crippen LogP) is 2.03. The molecule has 0 aliphatic carbocycles. The van der Waals surface area contributed by atoms with Gasteiger partial charge in [-0.05, 0) is 37.0 Å². The summed E-state index contributed by atoms with van der Waals surface area (Å²) in [5.74, 6) is -0.479. The van der Waals surface area contributed by atoms with E-state index in [1.807, 2.05) is 13.8 Å². The topological polar surface area (TPSA) is 66.4 Å². The zero-order valence-corrected chi connectivity index (χ0v) is 12.2. The van der Waals surface area contributed by atoms with Crippen LogP contribution in [0.3, 0.4) is 0 Å². The van der Waals surface area contributed by atoms with Gasteiger partial charge in [-0.3, -0.25) is 0 Å². The van der Waals surface area contributed by atoms with Crippen LogP contribution in [0.5, 0.6) is 0 Å². The molecule has 1 aromatic rings. The molecular weight excluding hydrogens is 269 g/mol. The molecule has 0 aromatic heterocycles. The standard InChI is InChI=1S/C13H20FNO3S/c1-9(2)6-10(3)15-19(17,18)13-7-11(8-16)4-5-12(13)14/h4-5,7,9-10,15-16H,6,8H2,1-3H3. The van der Waals surface area contributed by atoms with Gasteiger partial charge >= 0.3 is 0 Å². The van der Waals surface area contributed by atoms with Crippen molar-refractivity contribution < 1.29 is 17.9 Å². The molecule has 0 fully saturated rings. The number of sulfonamides is 1. The predicted molar refractivity (Wildman–Crippen MR) is 71.6 cm³/mol. The van der Waals surface area contributed by atoms with E-state index in [1.165, 1.54) is 6.07 Å². The van der Waals surface area contributed by atoms with E-state index in [2.05, 4.69) is 4.72 Å². The average molecular weight is 289 g/mol. The lowest BCUT2D eigenvalue weighted by molar-refractivity contribution is 0.281. The van der Waals surface area contributed by atoms with Crippen molar-refractivity contribution in [1.82, 2.24) is 4.72 Å². The Morgan fingerprint density at radius 3 is 2.47 bits per heavy atom. The van der Waals surface area contributed by atoms with Crippen LogP contribution >= 0.6 is 0 Å². The SMILES string of the molecule is CC(C)CC(C)NS(=O)(=O)c1cc(CO)ccc1F. The van der Waals surface area contributed by atoms with Crippen LogP contribution in [0, 0.1) is 11.7 Å². The van der Waals surface area contributed by atoms with Gasteiger partial charge in [-0.15, -0.1) is 0 Å². The first-order chi connectivity index (χ1) is 8.76. The second-order valence-corrected chi connectivity index (χ2v) is 6.76. The van der Waals surface area contributed by atoms with Crippen LogP contribution < -0.4 is 4.72 Å². The zero-order valence-electron chi connectivity index (χ0n) is 11.4. The molecular formula is C13H20FNO3S. The lowest BCUT2D eigenvalue weighted by Gasteiger charge is -2.16. The highest BCUT2D eigenvalue weighted by Crippen LogP contribution is 2.17. The number of aliphatic hydroxyl groups is 1. The first-order valence-electron chi connectivity index (χ1n) is 6.18. The highest BCUT2D eigenvalue weighted by molar-refractivity contribution is 7.89. The summed E-state index contributed by atoms with van der Waals surface area (Å²) in [4.78, 5) is -0.422. The maximum absolute atomic E-state index is 13.6. The van der Waals surface area contributed by atoms with Crippen molar-refractivity contribution in [3.8, 4) is 0 Å². The molecule has 2 N–H and O–H groups in total. The van der Waals surface area contributed by atoms with Gasteiger partial charge in [0.15, 0.2) is 0 Å². The van der Waals surface area contributed by atoms with E-state index >= 15 is 0 Å². The molecule has 0 saturated heterocycles. The van der Waals surface area contributed by atoms with Gasteiger partial charge in [0.05, 0.1) is 6.61 Å². The van der Waals surface area contributed by atoms with Crippen molar-refractivity contribution in [2.75, 3.05) is 0 Å². The van der Waals surface area contributed by atoms with Crippen molar-refractivity contribution >= 4 is 10.0 Å². The van der Waals surface area contributed by atoms with Crippen LogP contribution in [0.4, 0.5) is 4.39 Å². The molecule has 1 rings (SSSR count). The van der Waals surface area contributed by atoms with Crippen molar-refractivity contribution in [2.24, 2.45) is 5.92 Å². The summed E-state index contributed by atoms with van der Waals surface area (Å²) in [6.45, 7) is 5.38. The Kier molecular flexibility index (Phi) is 5.46. The molecule has 4 nitrogen and oxygen atoms in total. The van der Waals surface area contributed by atoms with Gasteiger partial charge in [0, 0.05) is 6.04 Å². The Hall–Kier alpha value is -0.980. The van der Waals surface area contributed by atoms with Gasteiger partial charge in [0.25, 0.3) is 0 Å². The minimum atomic E-state index is -3.90. The van der Waals surface area contributed by atoms with E-state index in [9.17, 15) is 12.8 Å². The van der Waals surface area contributed by atoms with Crippen LogP contribution in [-0.4, -0.2) is 19.6 Å². The summed E-state index contributed by atoms with van der Waals surface area (Å²) in [5.41, 5.74) is 0.360. The number of nitrogens with one attached hydrogen (secondary N) is 1. The van der Waals surface area contributed by atoms with Crippen LogP contribution in [0.1, 0.15) is 32.8 Å². The molecule has 0 heterocycles. The highest BCUT2D eigenvalue weighted by atomic mass is 32.2. The fourth-order valence-corrected chi connectivity index (χ4v) is 3.32. The lowest BCUT2D eigenvalue weighted by Crippen LogP contribution is -2.34. The van der Waals surface area contributed by atoms with Crippen LogP contribution in [0.15, 0.2) is 23.1 Å². The number of hydrogen-bond acceptors (Lipinski definition) is 3. The molecule has 108 valence electrons. The third-order valence-corrected chi connectivity index (χ3v) is 4.25. The summed E-state index contributed by atoms with van der Waals surface area (Å²) in [5, 5.41) is 8.98. The first-order valence-corrected chi connectivity index (χ1v) is 7.66. The minimum absolute atomic E-state index is 0.276. The van der Waals surface area contributed by atoms with Gasteiger partial charge in [-0.1, -0.05) is 19.9 Å². The molecule has 0 spiro atoms. The third-order valence-electron chi connectivity index (χ3n) is 2.65. The Bertz CT molecular complexity index is 529. The Morgan fingerprint density at radius 1 is 1.32 bits per heavy atom. The largest absolute Gasteiger partial charge is 0.392 e. The van der Waals surface area contributed by atoms with Crippen molar-refractivity contribution in [3.63, 3.8) is 0 Å². The van der Waals surface area contributed by atoms with Crippen molar-refractivity contribution in [2.45, 2.75) is 44.7 Å². The van der Waals surface area contributed by atoms with Gasteiger partial charge < -0.3 is 5.11 Å². The van der Waals surface area contributed by atoms with E-state index in [-0.39, 0.29) is 12.6 Å². The average Bonchev–Trinajstić information content (AvgIpc) is 2.27. The molecule has 1 unspecified atom stereocenters. The number of aliphatic hydroxyl groups excluding tert-OH is 1. The molecule has 19 heavy (non-hydrogen) atoms. The Labute approximate surface area is 113 Å². The normalized spacial score (nSPS) is 13.8. The van der Waals surface area contributed by atoms with Crippen molar-refractivity contribution in [1.29, 1.82) is 0 Å². The number of hydrogen-bond donors (Lipinski definition) is 2. The summed E-state index contributed by atoms with van der Waals surface area (Å²) in [6.07, 6.45) is 0.667. The molecule has 1 atom stereocenters. The maximum atomic E-state index is 13.6. The second-order valence-electron chi connectivity index (χ2n) is 5.07. The first kappa shape index (κ1) is 16.1. The van der Waals surface area contributed by atoms with E-state index in [1.54, 1.807) is 6.92 Å². The maximum Gasteiger partial charge on any atom is 0.243 e. The van der Waals surface area contributed by atoms with E-state index in [4.69, 9.17) is 5.11 Å². The van der Waals surface area contributed by atoms with Crippen molar-refractivity contribution in [3.05, 3.63) is 29.6 Å². The Balaban J connectivity index is 3.00. The summed E-state index contributed by atoms with van der Waals surface area (Å²) in [6, 6.07) is 3.28. The second kappa shape index (κ2) is 6.45. The quantitative estimate of drug-likeness (QED) is 0.842. The smallest absolute Gasteiger partial charge is 0.243 e. The van der Waals surface area contributed by atoms with Crippen LogP contribution in [0.2, 0.25) is 0 Å². The van der Waals surface area contributed by atoms with Gasteiger partial charge in [-0.25, -0.2) is 17.5 Å².